The van der Waals surface area contributed by atoms with Gasteiger partial charge in [0.2, 0.25) is 0 Å². The minimum Gasteiger partial charge on any atom is -0.494 e. The molecule has 0 aliphatic carbocycles. The Hall–Kier alpha value is -1.34. The molecule has 0 aliphatic rings. The van der Waals surface area contributed by atoms with Gasteiger partial charge >= 0.3 is 0 Å². The summed E-state index contributed by atoms with van der Waals surface area (Å²) >= 11 is 1.08. The molecule has 15 heavy (non-hydrogen) atoms. The van der Waals surface area contributed by atoms with Gasteiger partial charge in [0.05, 0.1) is 18.1 Å². The second-order valence-electron chi connectivity index (χ2n) is 2.67. The predicted octanol–water partition coefficient (Wildman–Crippen LogP) is 3.06. The van der Waals surface area contributed by atoms with Gasteiger partial charge in [-0.15, -0.1) is 0 Å². The maximum Gasteiger partial charge on any atom is 0.138 e. The molecule has 0 saturated carbocycles. The molecule has 4 heteroatoms. The third kappa shape index (κ3) is 3.37. The second kappa shape index (κ2) is 6.20. The van der Waals surface area contributed by atoms with Crippen molar-refractivity contribution in [3.8, 4) is 16.9 Å². The fourth-order valence-corrected chi connectivity index (χ4v) is 1.65. The van der Waals surface area contributed by atoms with E-state index in [2.05, 4.69) is 0 Å². The summed E-state index contributed by atoms with van der Waals surface area (Å²) in [6.07, 6.45) is 0. The summed E-state index contributed by atoms with van der Waals surface area (Å²) in [5.74, 6) is 1.49. The molecule has 0 bridgehead atoms. The summed E-state index contributed by atoms with van der Waals surface area (Å²) in [6, 6.07) is 5.49. The van der Waals surface area contributed by atoms with Crippen LogP contribution in [0.2, 0.25) is 0 Å². The molecule has 80 valence electrons. The van der Waals surface area contributed by atoms with Crippen LogP contribution in [0.3, 0.4) is 0 Å². The maximum atomic E-state index is 8.65. The van der Waals surface area contributed by atoms with Gasteiger partial charge in [0, 0.05) is 0 Å². The Kier molecular flexibility index (Phi) is 4.85. The molecule has 0 heterocycles. The zero-order valence-corrected chi connectivity index (χ0v) is 9.63. The second-order valence-corrected chi connectivity index (χ2v) is 3.49. The molecule has 0 amide bonds. The van der Waals surface area contributed by atoms with E-state index in [1.54, 1.807) is 0 Å². The van der Waals surface area contributed by atoms with Gasteiger partial charge in [0.1, 0.15) is 16.9 Å². The number of hydrogen-bond donors (Lipinski definition) is 0. The third-order valence-corrected chi connectivity index (χ3v) is 2.31. The number of ether oxygens (including phenoxy) is 2. The zero-order valence-electron chi connectivity index (χ0n) is 8.82. The summed E-state index contributed by atoms with van der Waals surface area (Å²) in [6.45, 7) is 5.04. The minimum absolute atomic E-state index is 0.590. The van der Waals surface area contributed by atoms with Gasteiger partial charge in [0.15, 0.2) is 0 Å². The van der Waals surface area contributed by atoms with Crippen molar-refractivity contribution in [3.63, 3.8) is 0 Å². The van der Waals surface area contributed by atoms with Crippen molar-refractivity contribution in [2.75, 3.05) is 13.2 Å². The Morgan fingerprint density at radius 2 is 2.00 bits per heavy atom. The SMILES string of the molecule is CCOc1ccc(OCC)c(SC#N)c1. The molecule has 0 saturated heterocycles. The lowest BCUT2D eigenvalue weighted by Crippen LogP contribution is -1.95. The largest absolute Gasteiger partial charge is 0.494 e. The van der Waals surface area contributed by atoms with Crippen LogP contribution in [0, 0.1) is 10.7 Å². The predicted molar refractivity (Wildman–Crippen MR) is 60.3 cm³/mol. The fourth-order valence-electron chi connectivity index (χ4n) is 1.15. The van der Waals surface area contributed by atoms with Crippen LogP contribution in [-0.2, 0) is 0 Å². The average molecular weight is 223 g/mol. The summed E-state index contributed by atoms with van der Waals surface area (Å²) < 4.78 is 10.7. The molecular weight excluding hydrogens is 210 g/mol. The van der Waals surface area contributed by atoms with E-state index in [1.165, 1.54) is 0 Å². The number of hydrogen-bond acceptors (Lipinski definition) is 4. The molecule has 0 aliphatic heterocycles. The number of rotatable bonds is 5. The minimum atomic E-state index is 0.590. The third-order valence-electron chi connectivity index (χ3n) is 1.68. The van der Waals surface area contributed by atoms with Crippen LogP contribution < -0.4 is 9.47 Å². The number of nitriles is 1. The van der Waals surface area contributed by atoms with Crippen molar-refractivity contribution in [2.24, 2.45) is 0 Å². The van der Waals surface area contributed by atoms with Crippen molar-refractivity contribution in [1.82, 2.24) is 0 Å². The van der Waals surface area contributed by atoms with Crippen LogP contribution in [0.5, 0.6) is 11.5 Å². The molecule has 1 aromatic carbocycles. The van der Waals surface area contributed by atoms with Gasteiger partial charge in [-0.1, -0.05) is 0 Å². The molecule has 3 nitrogen and oxygen atoms in total. The zero-order chi connectivity index (χ0) is 11.1. The van der Waals surface area contributed by atoms with Crippen molar-refractivity contribution >= 4 is 11.8 Å². The summed E-state index contributed by atoms with van der Waals surface area (Å²) in [7, 11) is 0. The van der Waals surface area contributed by atoms with E-state index in [4.69, 9.17) is 14.7 Å². The van der Waals surface area contributed by atoms with Gasteiger partial charge in [-0.05, 0) is 43.8 Å². The molecule has 0 atom stereocenters. The van der Waals surface area contributed by atoms with Crippen LogP contribution in [0.25, 0.3) is 0 Å². The average Bonchev–Trinajstić information content (AvgIpc) is 2.23. The Balaban J connectivity index is 2.93. The number of thiocyanates is 1. The first-order valence-corrected chi connectivity index (χ1v) is 5.59. The van der Waals surface area contributed by atoms with Crippen molar-refractivity contribution < 1.29 is 9.47 Å². The number of benzene rings is 1. The first-order valence-electron chi connectivity index (χ1n) is 4.77. The Morgan fingerprint density at radius 3 is 2.60 bits per heavy atom. The number of thioether (sulfide) groups is 1. The lowest BCUT2D eigenvalue weighted by Gasteiger charge is -2.09. The lowest BCUT2D eigenvalue weighted by atomic mass is 10.3. The fraction of sp³-hybridized carbons (Fsp3) is 0.364. The quantitative estimate of drug-likeness (QED) is 0.568. The van der Waals surface area contributed by atoms with E-state index in [9.17, 15) is 0 Å². The summed E-state index contributed by atoms with van der Waals surface area (Å²) in [4.78, 5) is 0.797. The van der Waals surface area contributed by atoms with Crippen LogP contribution in [0.15, 0.2) is 23.1 Å². The van der Waals surface area contributed by atoms with Crippen molar-refractivity contribution in [3.05, 3.63) is 18.2 Å². The van der Waals surface area contributed by atoms with Crippen LogP contribution in [0.4, 0.5) is 0 Å². The highest BCUT2D eigenvalue weighted by atomic mass is 32.2. The Bertz CT molecular complexity index is 360. The summed E-state index contributed by atoms with van der Waals surface area (Å²) in [5.41, 5.74) is 0. The molecule has 0 fully saturated rings. The molecule has 0 radical (unpaired) electrons. The maximum absolute atomic E-state index is 8.65. The monoisotopic (exact) mass is 223 g/mol. The van der Waals surface area contributed by atoms with Crippen LogP contribution >= 0.6 is 11.8 Å². The molecule has 1 aromatic rings. The number of nitrogens with zero attached hydrogens (tertiary/aromatic N) is 1. The topological polar surface area (TPSA) is 42.2 Å². The Labute approximate surface area is 94.0 Å². The molecular formula is C11H13NO2S. The first kappa shape index (κ1) is 11.7. The van der Waals surface area contributed by atoms with Gasteiger partial charge in [-0.3, -0.25) is 0 Å². The van der Waals surface area contributed by atoms with E-state index < -0.39 is 0 Å². The molecule has 1 rings (SSSR count). The van der Waals surface area contributed by atoms with Gasteiger partial charge in [-0.2, -0.15) is 5.26 Å². The molecule has 0 aromatic heterocycles. The van der Waals surface area contributed by atoms with E-state index >= 15 is 0 Å². The first-order chi connectivity index (χ1) is 7.31. The highest BCUT2D eigenvalue weighted by Crippen LogP contribution is 2.32. The highest BCUT2D eigenvalue weighted by Gasteiger charge is 2.05. The van der Waals surface area contributed by atoms with E-state index in [-0.39, 0.29) is 0 Å². The standard InChI is InChI=1S/C11H13NO2S/c1-3-13-9-5-6-10(14-4-2)11(7-9)15-8-12/h5-7H,3-4H2,1-2H3. The Morgan fingerprint density at radius 1 is 1.27 bits per heavy atom. The van der Waals surface area contributed by atoms with Gasteiger partial charge in [0.25, 0.3) is 0 Å². The highest BCUT2D eigenvalue weighted by molar-refractivity contribution is 8.03. The van der Waals surface area contributed by atoms with E-state index in [0.29, 0.717) is 13.2 Å². The molecule has 0 unspecified atom stereocenters. The van der Waals surface area contributed by atoms with Gasteiger partial charge in [-0.25, -0.2) is 0 Å². The molecule has 0 spiro atoms. The normalized spacial score (nSPS) is 9.40. The molecule has 0 N–H and O–H groups in total. The van der Waals surface area contributed by atoms with Gasteiger partial charge < -0.3 is 9.47 Å². The van der Waals surface area contributed by atoms with E-state index in [1.807, 2.05) is 37.4 Å². The van der Waals surface area contributed by atoms with Crippen molar-refractivity contribution in [2.45, 2.75) is 18.7 Å². The summed E-state index contributed by atoms with van der Waals surface area (Å²) in [5, 5.41) is 10.7. The smallest absolute Gasteiger partial charge is 0.138 e. The van der Waals surface area contributed by atoms with Crippen LogP contribution in [0.1, 0.15) is 13.8 Å². The van der Waals surface area contributed by atoms with Crippen molar-refractivity contribution in [1.29, 1.82) is 5.26 Å². The van der Waals surface area contributed by atoms with Crippen LogP contribution in [-0.4, -0.2) is 13.2 Å². The lowest BCUT2D eigenvalue weighted by molar-refractivity contribution is 0.323. The van der Waals surface area contributed by atoms with E-state index in [0.717, 1.165) is 28.2 Å².